The maximum Gasteiger partial charge on any atom is 0.263 e. The van der Waals surface area contributed by atoms with Crippen LogP contribution in [0.1, 0.15) is 0 Å². The van der Waals surface area contributed by atoms with Crippen molar-refractivity contribution in [2.24, 2.45) is 0 Å². The van der Waals surface area contributed by atoms with E-state index in [0.717, 1.165) is 0 Å². The van der Waals surface area contributed by atoms with E-state index in [-0.39, 0.29) is 15.9 Å². The highest BCUT2D eigenvalue weighted by atomic mass is 35.5. The molecule has 0 unspecified atom stereocenters. The molecule has 0 radical (unpaired) electrons. The molecule has 3 N–H and O–H groups in total. The summed E-state index contributed by atoms with van der Waals surface area (Å²) in [5, 5.41) is 14.5. The summed E-state index contributed by atoms with van der Waals surface area (Å²) in [6, 6.07) is 13.9. The molecule has 0 atom stereocenters. The van der Waals surface area contributed by atoms with Crippen LogP contribution < -0.4 is 15.4 Å². The summed E-state index contributed by atoms with van der Waals surface area (Å²) in [5.41, 5.74) is 1.25. The summed E-state index contributed by atoms with van der Waals surface area (Å²) in [5.74, 6) is 0.0589. The second-order valence-corrected chi connectivity index (χ2v) is 8.87. The predicted octanol–water partition coefficient (Wildman–Crippen LogP) is 5.05. The Morgan fingerprint density at radius 2 is 1.48 bits per heavy atom. The Balaban J connectivity index is 1.65. The van der Waals surface area contributed by atoms with Gasteiger partial charge in [-0.3, -0.25) is 4.72 Å². The van der Waals surface area contributed by atoms with Crippen LogP contribution in [-0.2, 0) is 10.0 Å². The minimum absolute atomic E-state index is 0.0446. The van der Waals surface area contributed by atoms with Crippen LogP contribution >= 0.6 is 47.0 Å². The van der Waals surface area contributed by atoms with Gasteiger partial charge in [-0.1, -0.05) is 34.8 Å². The molecule has 2 aromatic carbocycles. The molecule has 12 heteroatoms. The van der Waals surface area contributed by atoms with E-state index in [0.29, 0.717) is 26.5 Å². The number of rotatable bonds is 5. The average molecular weight is 489 g/mol. The Morgan fingerprint density at radius 3 is 2.10 bits per heavy atom. The van der Waals surface area contributed by atoms with Crippen LogP contribution in [0.15, 0.2) is 59.5 Å². The molecule has 1 aromatic heterocycles. The number of aromatic nitrogens is 2. The van der Waals surface area contributed by atoms with Crippen LogP contribution in [0.4, 0.5) is 17.2 Å². The van der Waals surface area contributed by atoms with Gasteiger partial charge in [0, 0.05) is 11.4 Å². The summed E-state index contributed by atoms with van der Waals surface area (Å²) in [6.45, 7) is 0. The van der Waals surface area contributed by atoms with Crippen LogP contribution in [0.2, 0.25) is 15.2 Å². The van der Waals surface area contributed by atoms with Gasteiger partial charge in [0.05, 0.1) is 14.9 Å². The van der Waals surface area contributed by atoms with E-state index in [1.165, 1.54) is 24.3 Å². The van der Waals surface area contributed by atoms with Crippen molar-refractivity contribution in [2.75, 3.05) is 15.4 Å². The van der Waals surface area contributed by atoms with Crippen molar-refractivity contribution in [3.63, 3.8) is 0 Å². The third-order valence-electron chi connectivity index (χ3n) is 3.47. The van der Waals surface area contributed by atoms with Gasteiger partial charge < -0.3 is 10.6 Å². The summed E-state index contributed by atoms with van der Waals surface area (Å²) in [6.07, 6.45) is 0. The zero-order valence-electron chi connectivity index (χ0n) is 14.4. The molecule has 0 saturated carbocycles. The van der Waals surface area contributed by atoms with E-state index in [1.807, 2.05) is 0 Å². The highest BCUT2D eigenvalue weighted by Crippen LogP contribution is 2.25. The Labute approximate surface area is 187 Å². The molecule has 0 aliphatic heterocycles. The molecule has 0 aliphatic rings. The lowest BCUT2D eigenvalue weighted by Crippen LogP contribution is -2.19. The summed E-state index contributed by atoms with van der Waals surface area (Å²) in [4.78, 5) is 0.0446. The Kier molecular flexibility index (Phi) is 6.76. The first kappa shape index (κ1) is 21.5. The van der Waals surface area contributed by atoms with E-state index in [9.17, 15) is 8.42 Å². The van der Waals surface area contributed by atoms with Crippen molar-refractivity contribution in [1.29, 1.82) is 0 Å². The molecule has 0 fully saturated rings. The average Bonchev–Trinajstić information content (AvgIpc) is 2.67. The number of nitrogens with zero attached hydrogens (tertiary/aromatic N) is 2. The number of hydrogen-bond donors (Lipinski definition) is 3. The molecule has 150 valence electrons. The number of sulfonamides is 1. The minimum atomic E-state index is -3.83. The highest BCUT2D eigenvalue weighted by molar-refractivity contribution is 7.92. The number of halogens is 3. The fourth-order valence-electron chi connectivity index (χ4n) is 2.15. The van der Waals surface area contributed by atoms with Crippen molar-refractivity contribution >= 4 is 79.3 Å². The molecular weight excluding hydrogens is 477 g/mol. The van der Waals surface area contributed by atoms with Crippen molar-refractivity contribution in [2.45, 2.75) is 4.90 Å². The third-order valence-corrected chi connectivity index (χ3v) is 5.99. The lowest BCUT2D eigenvalue weighted by molar-refractivity contribution is 0.601. The van der Waals surface area contributed by atoms with Gasteiger partial charge in [0.1, 0.15) is 0 Å². The summed E-state index contributed by atoms with van der Waals surface area (Å²) >= 11 is 22.7. The number of nitrogens with one attached hydrogen (secondary N) is 3. The quantitative estimate of drug-likeness (QED) is 0.433. The Morgan fingerprint density at radius 1 is 0.828 bits per heavy atom. The molecule has 0 bridgehead atoms. The van der Waals surface area contributed by atoms with E-state index in [2.05, 4.69) is 25.6 Å². The van der Waals surface area contributed by atoms with Gasteiger partial charge in [-0.15, -0.1) is 10.2 Å². The normalized spacial score (nSPS) is 11.0. The van der Waals surface area contributed by atoms with Crippen LogP contribution in [0.3, 0.4) is 0 Å². The lowest BCUT2D eigenvalue weighted by atomic mass is 10.3. The summed E-state index contributed by atoms with van der Waals surface area (Å²) in [7, 11) is -3.83. The maximum atomic E-state index is 12.4. The largest absolute Gasteiger partial charge is 0.332 e. The fraction of sp³-hybridized carbons (Fsp3) is 0. The molecule has 0 aliphatic carbocycles. The van der Waals surface area contributed by atoms with Crippen LogP contribution in [-0.4, -0.2) is 23.7 Å². The van der Waals surface area contributed by atoms with Crippen molar-refractivity contribution in [1.82, 2.24) is 10.2 Å². The Hall–Kier alpha value is -2.17. The smallest absolute Gasteiger partial charge is 0.263 e. The standard InChI is InChI=1S/C17H12Cl3N5O2S2/c18-13-6-3-11(9-14(13)19)22-17(28)21-10-1-4-12(5-2-10)29(26,27)25-16-8-7-15(20)23-24-16/h1-9H,(H,24,25)(H2,21,22,28). The van der Waals surface area contributed by atoms with E-state index in [4.69, 9.17) is 47.0 Å². The molecular formula is C17H12Cl3N5O2S2. The first-order valence-electron chi connectivity index (χ1n) is 7.88. The first-order valence-corrected chi connectivity index (χ1v) is 10.9. The monoisotopic (exact) mass is 487 g/mol. The van der Waals surface area contributed by atoms with Gasteiger partial charge in [0.15, 0.2) is 16.1 Å². The molecule has 3 aromatic rings. The second-order valence-electron chi connectivity index (χ2n) is 5.58. The molecule has 0 spiro atoms. The molecule has 1 heterocycles. The van der Waals surface area contributed by atoms with Gasteiger partial charge in [-0.2, -0.15) is 0 Å². The van der Waals surface area contributed by atoms with E-state index >= 15 is 0 Å². The minimum Gasteiger partial charge on any atom is -0.332 e. The van der Waals surface area contributed by atoms with Crippen LogP contribution in [0.25, 0.3) is 0 Å². The first-order chi connectivity index (χ1) is 13.7. The fourth-order valence-corrected chi connectivity index (χ4v) is 3.78. The summed E-state index contributed by atoms with van der Waals surface area (Å²) < 4.78 is 27.2. The highest BCUT2D eigenvalue weighted by Gasteiger charge is 2.15. The number of thiocarbonyl (C=S) groups is 1. The van der Waals surface area contributed by atoms with Crippen molar-refractivity contribution in [3.05, 3.63) is 69.8 Å². The van der Waals surface area contributed by atoms with Crippen molar-refractivity contribution in [3.8, 4) is 0 Å². The van der Waals surface area contributed by atoms with Gasteiger partial charge in [0.25, 0.3) is 10.0 Å². The van der Waals surface area contributed by atoms with E-state index < -0.39 is 10.0 Å². The van der Waals surface area contributed by atoms with Crippen LogP contribution in [0, 0.1) is 0 Å². The van der Waals surface area contributed by atoms with Crippen LogP contribution in [0.5, 0.6) is 0 Å². The number of hydrogen-bond acceptors (Lipinski definition) is 5. The molecule has 7 nitrogen and oxygen atoms in total. The number of benzene rings is 2. The van der Waals surface area contributed by atoms with Gasteiger partial charge in [0.2, 0.25) is 0 Å². The molecule has 3 rings (SSSR count). The zero-order chi connectivity index (χ0) is 21.0. The van der Waals surface area contributed by atoms with Crippen molar-refractivity contribution < 1.29 is 8.42 Å². The molecule has 0 saturated heterocycles. The third kappa shape index (κ3) is 5.91. The topological polar surface area (TPSA) is 96.0 Å². The van der Waals surface area contributed by atoms with Gasteiger partial charge in [-0.05, 0) is 66.8 Å². The maximum absolute atomic E-state index is 12.4. The second kappa shape index (κ2) is 9.10. The Bertz CT molecular complexity index is 1140. The van der Waals surface area contributed by atoms with Gasteiger partial charge >= 0.3 is 0 Å². The van der Waals surface area contributed by atoms with E-state index in [1.54, 1.807) is 30.3 Å². The number of anilines is 3. The zero-order valence-corrected chi connectivity index (χ0v) is 18.3. The molecule has 29 heavy (non-hydrogen) atoms. The van der Waals surface area contributed by atoms with Gasteiger partial charge in [-0.25, -0.2) is 8.42 Å². The predicted molar refractivity (Wildman–Crippen MR) is 121 cm³/mol. The lowest BCUT2D eigenvalue weighted by Gasteiger charge is -2.12. The molecule has 0 amide bonds. The SMILES string of the molecule is O=S(=O)(Nc1ccc(Cl)nn1)c1ccc(NC(=S)Nc2ccc(Cl)c(Cl)c2)cc1.